The molecule has 0 radical (unpaired) electrons. The second-order valence-electron chi connectivity index (χ2n) is 6.65. The zero-order valence-electron chi connectivity index (χ0n) is 12.6. The Morgan fingerprint density at radius 3 is 2.45 bits per heavy atom. The van der Waals surface area contributed by atoms with Gasteiger partial charge in [0.25, 0.3) is 0 Å². The van der Waals surface area contributed by atoms with Crippen molar-refractivity contribution >= 4 is 11.9 Å². The van der Waals surface area contributed by atoms with Gasteiger partial charge in [-0.3, -0.25) is 4.79 Å². The Balaban J connectivity index is 1.99. The molecule has 5 nitrogen and oxygen atoms in total. The van der Waals surface area contributed by atoms with E-state index in [0.717, 1.165) is 19.3 Å². The van der Waals surface area contributed by atoms with E-state index in [1.54, 1.807) is 0 Å². The van der Waals surface area contributed by atoms with Gasteiger partial charge in [-0.1, -0.05) is 13.8 Å². The van der Waals surface area contributed by atoms with Gasteiger partial charge in [-0.25, -0.2) is 4.79 Å². The van der Waals surface area contributed by atoms with Crippen molar-refractivity contribution in [3.63, 3.8) is 0 Å². The molecule has 0 saturated heterocycles. The lowest BCUT2D eigenvalue weighted by molar-refractivity contribution is -0.146. The molecule has 2 bridgehead atoms. The maximum Gasteiger partial charge on any atom is 0.328 e. The zero-order valence-corrected chi connectivity index (χ0v) is 12.6. The molecule has 20 heavy (non-hydrogen) atoms. The van der Waals surface area contributed by atoms with Crippen molar-refractivity contribution in [2.24, 2.45) is 29.4 Å². The normalized spacial score (nSPS) is 33.2. The smallest absolute Gasteiger partial charge is 0.328 e. The molecule has 5 unspecified atom stereocenters. The summed E-state index contributed by atoms with van der Waals surface area (Å²) in [5, 5.41) is 2.86. The summed E-state index contributed by atoms with van der Waals surface area (Å²) in [5.41, 5.74) is 6.17. The van der Waals surface area contributed by atoms with E-state index in [9.17, 15) is 9.59 Å². The SMILES string of the molecule is COC(=O)C(CC(C)C)NC(=O)C1C2CCC(C2)C1N. The highest BCUT2D eigenvalue weighted by Crippen LogP contribution is 2.47. The minimum absolute atomic E-state index is 0.0499. The summed E-state index contributed by atoms with van der Waals surface area (Å²) in [7, 11) is 1.35. The van der Waals surface area contributed by atoms with Gasteiger partial charge in [0.05, 0.1) is 13.0 Å². The molecule has 2 saturated carbocycles. The fourth-order valence-corrected chi connectivity index (χ4v) is 3.82. The number of hydrogen-bond acceptors (Lipinski definition) is 4. The standard InChI is InChI=1S/C15H26N2O3/c1-8(2)6-11(15(19)20-3)17-14(18)12-9-4-5-10(7-9)13(12)16/h8-13H,4-7,16H2,1-3H3,(H,17,18). The lowest BCUT2D eigenvalue weighted by atomic mass is 9.84. The van der Waals surface area contributed by atoms with Crippen LogP contribution in [0, 0.1) is 23.7 Å². The van der Waals surface area contributed by atoms with Crippen molar-refractivity contribution in [1.82, 2.24) is 5.32 Å². The van der Waals surface area contributed by atoms with E-state index in [2.05, 4.69) is 5.32 Å². The molecule has 0 aromatic heterocycles. The number of ether oxygens (including phenoxy) is 1. The fraction of sp³-hybridized carbons (Fsp3) is 0.867. The molecule has 0 heterocycles. The first-order valence-corrected chi connectivity index (χ1v) is 7.57. The van der Waals surface area contributed by atoms with Crippen molar-refractivity contribution in [2.45, 2.75) is 51.6 Å². The van der Waals surface area contributed by atoms with E-state index in [0.29, 0.717) is 24.2 Å². The minimum atomic E-state index is -0.557. The molecule has 0 aromatic rings. The lowest BCUT2D eigenvalue weighted by Crippen LogP contribution is -2.50. The monoisotopic (exact) mass is 282 g/mol. The van der Waals surface area contributed by atoms with E-state index in [1.165, 1.54) is 7.11 Å². The van der Waals surface area contributed by atoms with Crippen LogP contribution in [0.3, 0.4) is 0 Å². The Labute approximate surface area is 120 Å². The Bertz CT molecular complexity index is 381. The van der Waals surface area contributed by atoms with Crippen molar-refractivity contribution < 1.29 is 14.3 Å². The van der Waals surface area contributed by atoms with Gasteiger partial charge in [0.15, 0.2) is 0 Å². The maximum absolute atomic E-state index is 12.5. The van der Waals surface area contributed by atoms with Crippen LogP contribution in [0.5, 0.6) is 0 Å². The molecule has 5 atom stereocenters. The van der Waals surface area contributed by atoms with Gasteiger partial charge < -0.3 is 15.8 Å². The molecule has 2 aliphatic rings. The molecule has 0 aliphatic heterocycles. The number of amides is 1. The zero-order chi connectivity index (χ0) is 14.9. The second-order valence-corrected chi connectivity index (χ2v) is 6.65. The Morgan fingerprint density at radius 2 is 1.95 bits per heavy atom. The van der Waals surface area contributed by atoms with Gasteiger partial charge in [0.2, 0.25) is 5.91 Å². The second kappa shape index (κ2) is 6.12. The van der Waals surface area contributed by atoms with Crippen molar-refractivity contribution in [1.29, 1.82) is 0 Å². The molecule has 2 fully saturated rings. The Kier molecular flexibility index (Phi) is 4.68. The number of nitrogens with two attached hydrogens (primary N) is 1. The van der Waals surface area contributed by atoms with Gasteiger partial charge in [0, 0.05) is 6.04 Å². The number of methoxy groups -OCH3 is 1. The van der Waals surface area contributed by atoms with Crippen LogP contribution < -0.4 is 11.1 Å². The molecule has 1 amide bonds. The number of esters is 1. The average molecular weight is 282 g/mol. The third kappa shape index (κ3) is 2.97. The number of nitrogens with one attached hydrogen (secondary N) is 1. The summed E-state index contributed by atoms with van der Waals surface area (Å²) >= 11 is 0. The van der Waals surface area contributed by atoms with Gasteiger partial charge in [-0.05, 0) is 43.4 Å². The quantitative estimate of drug-likeness (QED) is 0.739. The van der Waals surface area contributed by atoms with Crippen LogP contribution in [-0.2, 0) is 14.3 Å². The third-order valence-corrected chi connectivity index (χ3v) is 4.79. The van der Waals surface area contributed by atoms with E-state index >= 15 is 0 Å². The number of rotatable bonds is 5. The molecule has 0 spiro atoms. The number of carbonyl (C=O) groups is 2. The van der Waals surface area contributed by atoms with Crippen LogP contribution in [0.25, 0.3) is 0 Å². The molecular weight excluding hydrogens is 256 g/mol. The van der Waals surface area contributed by atoms with Crippen LogP contribution >= 0.6 is 0 Å². The molecule has 2 rings (SSSR count). The number of fused-ring (bicyclic) bond motifs is 2. The maximum atomic E-state index is 12.5. The first kappa shape index (κ1) is 15.3. The van der Waals surface area contributed by atoms with Crippen molar-refractivity contribution in [3.8, 4) is 0 Å². The first-order valence-electron chi connectivity index (χ1n) is 7.57. The van der Waals surface area contributed by atoms with Gasteiger partial charge in [-0.2, -0.15) is 0 Å². The summed E-state index contributed by atoms with van der Waals surface area (Å²) in [6.07, 6.45) is 3.88. The van der Waals surface area contributed by atoms with E-state index in [-0.39, 0.29) is 23.8 Å². The summed E-state index contributed by atoms with van der Waals surface area (Å²) < 4.78 is 4.78. The summed E-state index contributed by atoms with van der Waals surface area (Å²) in [6, 6.07) is -0.607. The lowest BCUT2D eigenvalue weighted by Gasteiger charge is -2.29. The molecule has 0 aromatic carbocycles. The predicted octanol–water partition coefficient (Wildman–Crippen LogP) is 1.06. The third-order valence-electron chi connectivity index (χ3n) is 4.79. The predicted molar refractivity (Wildman–Crippen MR) is 75.7 cm³/mol. The van der Waals surface area contributed by atoms with E-state index < -0.39 is 6.04 Å². The van der Waals surface area contributed by atoms with Gasteiger partial charge in [-0.15, -0.1) is 0 Å². The van der Waals surface area contributed by atoms with Crippen LogP contribution in [0.1, 0.15) is 39.5 Å². The topological polar surface area (TPSA) is 81.4 Å². The van der Waals surface area contributed by atoms with E-state index in [1.807, 2.05) is 13.8 Å². The molecule has 3 N–H and O–H groups in total. The van der Waals surface area contributed by atoms with Crippen LogP contribution in [0.15, 0.2) is 0 Å². The van der Waals surface area contributed by atoms with Crippen LogP contribution in [0.4, 0.5) is 0 Å². The highest BCUT2D eigenvalue weighted by atomic mass is 16.5. The largest absolute Gasteiger partial charge is 0.467 e. The van der Waals surface area contributed by atoms with E-state index in [4.69, 9.17) is 10.5 Å². The summed E-state index contributed by atoms with van der Waals surface area (Å²) in [4.78, 5) is 24.2. The Morgan fingerprint density at radius 1 is 1.30 bits per heavy atom. The number of carbonyl (C=O) groups excluding carboxylic acids is 2. The van der Waals surface area contributed by atoms with Gasteiger partial charge in [0.1, 0.15) is 6.04 Å². The van der Waals surface area contributed by atoms with Crippen LogP contribution in [-0.4, -0.2) is 31.1 Å². The van der Waals surface area contributed by atoms with Gasteiger partial charge >= 0.3 is 5.97 Å². The van der Waals surface area contributed by atoms with Crippen LogP contribution in [0.2, 0.25) is 0 Å². The Hall–Kier alpha value is -1.10. The molecule has 5 heteroatoms. The van der Waals surface area contributed by atoms with Crippen molar-refractivity contribution in [3.05, 3.63) is 0 Å². The highest BCUT2D eigenvalue weighted by molar-refractivity contribution is 5.86. The molecule has 114 valence electrons. The average Bonchev–Trinajstić information content (AvgIpc) is 2.96. The number of hydrogen-bond donors (Lipinski definition) is 2. The van der Waals surface area contributed by atoms with Crippen molar-refractivity contribution in [2.75, 3.05) is 7.11 Å². The molecule has 2 aliphatic carbocycles. The molecular formula is C15H26N2O3. The summed E-state index contributed by atoms with van der Waals surface area (Å²) in [5.74, 6) is 0.621. The summed E-state index contributed by atoms with van der Waals surface area (Å²) in [6.45, 7) is 4.04. The fourth-order valence-electron chi connectivity index (χ4n) is 3.82. The minimum Gasteiger partial charge on any atom is -0.467 e. The first-order chi connectivity index (χ1) is 9.43. The highest BCUT2D eigenvalue weighted by Gasteiger charge is 2.49.